The van der Waals surface area contributed by atoms with Gasteiger partial charge < -0.3 is 10.1 Å². The van der Waals surface area contributed by atoms with Gasteiger partial charge >= 0.3 is 0 Å². The predicted molar refractivity (Wildman–Crippen MR) is 69.8 cm³/mol. The van der Waals surface area contributed by atoms with Crippen molar-refractivity contribution in [2.24, 2.45) is 5.41 Å². The topological polar surface area (TPSA) is 21.3 Å². The molecule has 0 atom stereocenters. The fraction of sp³-hybridized carbons (Fsp3) is 1.00. The Morgan fingerprint density at radius 1 is 1.19 bits per heavy atom. The summed E-state index contributed by atoms with van der Waals surface area (Å²) in [7, 11) is 0. The first-order valence-corrected chi connectivity index (χ1v) is 7.00. The highest BCUT2D eigenvalue weighted by atomic mass is 16.5. The number of hydrogen-bond acceptors (Lipinski definition) is 2. The molecule has 0 aromatic rings. The van der Waals surface area contributed by atoms with Crippen molar-refractivity contribution >= 4 is 0 Å². The SMILES string of the molecule is CCCOCCC1(CNC(C)C)CCCC1. The number of nitrogens with one attached hydrogen (secondary N) is 1. The van der Waals surface area contributed by atoms with E-state index in [4.69, 9.17) is 4.74 Å². The highest BCUT2D eigenvalue weighted by Gasteiger charge is 2.33. The van der Waals surface area contributed by atoms with Gasteiger partial charge in [0.25, 0.3) is 0 Å². The van der Waals surface area contributed by atoms with E-state index in [0.717, 1.165) is 19.6 Å². The van der Waals surface area contributed by atoms with Crippen molar-refractivity contribution < 1.29 is 4.74 Å². The summed E-state index contributed by atoms with van der Waals surface area (Å²) in [6, 6.07) is 0.606. The van der Waals surface area contributed by atoms with E-state index < -0.39 is 0 Å². The first-order chi connectivity index (χ1) is 7.68. The molecule has 0 radical (unpaired) electrons. The maximum Gasteiger partial charge on any atom is 0.0471 e. The van der Waals surface area contributed by atoms with Gasteiger partial charge in [-0.1, -0.05) is 33.6 Å². The second-order valence-corrected chi connectivity index (χ2v) is 5.61. The molecule has 1 N–H and O–H groups in total. The van der Waals surface area contributed by atoms with Crippen LogP contribution >= 0.6 is 0 Å². The van der Waals surface area contributed by atoms with Crippen molar-refractivity contribution in [1.82, 2.24) is 5.32 Å². The Hall–Kier alpha value is -0.0800. The molecule has 1 aliphatic carbocycles. The third-order valence-electron chi connectivity index (χ3n) is 3.67. The second kappa shape index (κ2) is 7.29. The smallest absolute Gasteiger partial charge is 0.0471 e. The van der Waals surface area contributed by atoms with Crippen LogP contribution in [0.25, 0.3) is 0 Å². The highest BCUT2D eigenvalue weighted by Crippen LogP contribution is 2.40. The zero-order valence-electron chi connectivity index (χ0n) is 11.3. The Kier molecular flexibility index (Phi) is 6.37. The summed E-state index contributed by atoms with van der Waals surface area (Å²) in [5, 5.41) is 3.61. The van der Waals surface area contributed by atoms with Crippen LogP contribution in [-0.2, 0) is 4.74 Å². The van der Waals surface area contributed by atoms with Crippen molar-refractivity contribution in [3.63, 3.8) is 0 Å². The fourth-order valence-electron chi connectivity index (χ4n) is 2.60. The van der Waals surface area contributed by atoms with E-state index >= 15 is 0 Å². The Morgan fingerprint density at radius 3 is 2.44 bits per heavy atom. The van der Waals surface area contributed by atoms with Crippen LogP contribution in [0.5, 0.6) is 0 Å². The van der Waals surface area contributed by atoms with E-state index in [1.54, 1.807) is 0 Å². The molecular weight excluding hydrogens is 198 g/mol. The monoisotopic (exact) mass is 227 g/mol. The average Bonchev–Trinajstić information content (AvgIpc) is 2.71. The molecule has 1 aliphatic rings. The Labute approximate surface area is 101 Å². The van der Waals surface area contributed by atoms with Gasteiger partial charge in [0, 0.05) is 25.8 Å². The standard InChI is InChI=1S/C14H29NO/c1-4-10-16-11-9-14(7-5-6-8-14)12-15-13(2)3/h13,15H,4-12H2,1-3H3. The average molecular weight is 227 g/mol. The number of hydrogen-bond donors (Lipinski definition) is 1. The molecule has 1 fully saturated rings. The summed E-state index contributed by atoms with van der Waals surface area (Å²) in [4.78, 5) is 0. The maximum atomic E-state index is 5.65. The normalized spacial score (nSPS) is 19.5. The van der Waals surface area contributed by atoms with E-state index in [0.29, 0.717) is 11.5 Å². The van der Waals surface area contributed by atoms with Gasteiger partial charge in [0.2, 0.25) is 0 Å². The summed E-state index contributed by atoms with van der Waals surface area (Å²) in [6.07, 6.45) is 7.98. The molecular formula is C14H29NO. The molecule has 0 aromatic heterocycles. The number of ether oxygens (including phenoxy) is 1. The van der Waals surface area contributed by atoms with Crippen LogP contribution in [0.1, 0.15) is 59.3 Å². The largest absolute Gasteiger partial charge is 0.381 e. The first kappa shape index (κ1) is 14.0. The third kappa shape index (κ3) is 4.84. The lowest BCUT2D eigenvalue weighted by atomic mass is 9.82. The summed E-state index contributed by atoms with van der Waals surface area (Å²) in [6.45, 7) is 9.69. The lowest BCUT2D eigenvalue weighted by molar-refractivity contribution is 0.0934. The zero-order valence-corrected chi connectivity index (χ0v) is 11.3. The molecule has 1 rings (SSSR count). The van der Waals surface area contributed by atoms with Crippen LogP contribution in [0.15, 0.2) is 0 Å². The zero-order chi connectivity index (χ0) is 11.9. The van der Waals surface area contributed by atoms with Gasteiger partial charge in [0.05, 0.1) is 0 Å². The molecule has 0 unspecified atom stereocenters. The molecule has 16 heavy (non-hydrogen) atoms. The van der Waals surface area contributed by atoms with Gasteiger partial charge in [-0.3, -0.25) is 0 Å². The van der Waals surface area contributed by atoms with Crippen LogP contribution < -0.4 is 5.32 Å². The molecule has 0 bridgehead atoms. The van der Waals surface area contributed by atoms with E-state index in [2.05, 4.69) is 26.1 Å². The minimum Gasteiger partial charge on any atom is -0.381 e. The van der Waals surface area contributed by atoms with Crippen molar-refractivity contribution in [2.45, 2.75) is 65.3 Å². The Morgan fingerprint density at radius 2 is 1.88 bits per heavy atom. The van der Waals surface area contributed by atoms with Crippen molar-refractivity contribution in [1.29, 1.82) is 0 Å². The van der Waals surface area contributed by atoms with Gasteiger partial charge in [0.1, 0.15) is 0 Å². The van der Waals surface area contributed by atoms with Crippen molar-refractivity contribution in [2.75, 3.05) is 19.8 Å². The molecule has 0 saturated heterocycles. The van der Waals surface area contributed by atoms with Crippen LogP contribution in [0.4, 0.5) is 0 Å². The lowest BCUT2D eigenvalue weighted by Gasteiger charge is -2.30. The molecule has 96 valence electrons. The molecule has 0 spiro atoms. The molecule has 2 heteroatoms. The summed E-state index contributed by atoms with van der Waals surface area (Å²) >= 11 is 0. The first-order valence-electron chi connectivity index (χ1n) is 7.00. The molecule has 0 amide bonds. The summed E-state index contributed by atoms with van der Waals surface area (Å²) in [5.41, 5.74) is 0.540. The molecule has 1 saturated carbocycles. The predicted octanol–water partition coefficient (Wildman–Crippen LogP) is 3.36. The summed E-state index contributed by atoms with van der Waals surface area (Å²) < 4.78 is 5.65. The van der Waals surface area contributed by atoms with Crippen LogP contribution in [-0.4, -0.2) is 25.8 Å². The number of rotatable bonds is 8. The van der Waals surface area contributed by atoms with Gasteiger partial charge in [-0.05, 0) is 31.1 Å². The molecule has 0 aliphatic heterocycles. The molecule has 0 heterocycles. The minimum absolute atomic E-state index is 0.540. The van der Waals surface area contributed by atoms with E-state index in [-0.39, 0.29) is 0 Å². The molecule has 0 aromatic carbocycles. The highest BCUT2D eigenvalue weighted by molar-refractivity contribution is 4.87. The summed E-state index contributed by atoms with van der Waals surface area (Å²) in [5.74, 6) is 0. The quantitative estimate of drug-likeness (QED) is 0.642. The van der Waals surface area contributed by atoms with Crippen molar-refractivity contribution in [3.8, 4) is 0 Å². The van der Waals surface area contributed by atoms with Gasteiger partial charge in [-0.15, -0.1) is 0 Å². The molecule has 2 nitrogen and oxygen atoms in total. The Bertz CT molecular complexity index is 174. The van der Waals surface area contributed by atoms with Crippen LogP contribution in [0.2, 0.25) is 0 Å². The Balaban J connectivity index is 2.27. The van der Waals surface area contributed by atoms with Crippen LogP contribution in [0, 0.1) is 5.41 Å². The minimum atomic E-state index is 0.540. The second-order valence-electron chi connectivity index (χ2n) is 5.61. The van der Waals surface area contributed by atoms with E-state index in [1.807, 2.05) is 0 Å². The third-order valence-corrected chi connectivity index (χ3v) is 3.67. The van der Waals surface area contributed by atoms with Crippen molar-refractivity contribution in [3.05, 3.63) is 0 Å². The lowest BCUT2D eigenvalue weighted by Crippen LogP contribution is -2.36. The van der Waals surface area contributed by atoms with Gasteiger partial charge in [0.15, 0.2) is 0 Å². The van der Waals surface area contributed by atoms with Gasteiger partial charge in [-0.2, -0.15) is 0 Å². The van der Waals surface area contributed by atoms with Crippen LogP contribution in [0.3, 0.4) is 0 Å². The fourth-order valence-corrected chi connectivity index (χ4v) is 2.60. The maximum absolute atomic E-state index is 5.65. The van der Waals surface area contributed by atoms with E-state index in [9.17, 15) is 0 Å². The van der Waals surface area contributed by atoms with E-state index in [1.165, 1.54) is 38.6 Å². The van der Waals surface area contributed by atoms with Gasteiger partial charge in [-0.25, -0.2) is 0 Å².